The molecule has 2 atom stereocenters. The van der Waals surface area contributed by atoms with Gasteiger partial charge in [0.15, 0.2) is 0 Å². The maximum Gasteiger partial charge on any atom is 0.107 e. The maximum atomic E-state index is 9.32. The van der Waals surface area contributed by atoms with Gasteiger partial charge in [-0.15, -0.1) is 0 Å². The molecule has 3 nitrogen and oxygen atoms in total. The Kier molecular flexibility index (Phi) is 6.99. The Morgan fingerprint density at radius 2 is 2.00 bits per heavy atom. The molecule has 0 amide bonds. The fourth-order valence-corrected chi connectivity index (χ4v) is 3.67. The highest BCUT2D eigenvalue weighted by Gasteiger charge is 2.39. The first kappa shape index (κ1) is 17.5. The van der Waals surface area contributed by atoms with Crippen LogP contribution >= 0.6 is 0 Å². The smallest absolute Gasteiger partial charge is 0.107 e. The Hall–Kier alpha value is -0.590. The van der Waals surface area contributed by atoms with Crippen LogP contribution < -0.4 is 5.73 Å². The molecule has 0 heterocycles. The fourth-order valence-electron chi connectivity index (χ4n) is 3.67. The van der Waals surface area contributed by atoms with Gasteiger partial charge >= 0.3 is 0 Å². The van der Waals surface area contributed by atoms with Crippen molar-refractivity contribution in [3.63, 3.8) is 0 Å². The molecule has 1 aliphatic rings. The van der Waals surface area contributed by atoms with E-state index in [0.717, 1.165) is 38.8 Å². The van der Waals surface area contributed by atoms with Crippen LogP contribution in [0.3, 0.4) is 0 Å². The number of hydrogen-bond acceptors (Lipinski definition) is 3. The van der Waals surface area contributed by atoms with Crippen molar-refractivity contribution in [3.8, 4) is 6.07 Å². The summed E-state index contributed by atoms with van der Waals surface area (Å²) < 4.78 is 0. The molecule has 2 unspecified atom stereocenters. The Bertz CT molecular complexity index is 317. The second kappa shape index (κ2) is 8.00. The van der Waals surface area contributed by atoms with E-state index in [2.05, 4.69) is 38.7 Å². The summed E-state index contributed by atoms with van der Waals surface area (Å²) in [4.78, 5) is 2.63. The summed E-state index contributed by atoms with van der Waals surface area (Å²) in [6.07, 6.45) is 6.61. The lowest BCUT2D eigenvalue weighted by atomic mass is 9.86. The van der Waals surface area contributed by atoms with Gasteiger partial charge < -0.3 is 10.6 Å². The van der Waals surface area contributed by atoms with Crippen LogP contribution in [0.2, 0.25) is 0 Å². The maximum absolute atomic E-state index is 9.32. The molecule has 3 heteroatoms. The van der Waals surface area contributed by atoms with Gasteiger partial charge in [-0.25, -0.2) is 0 Å². The van der Waals surface area contributed by atoms with Gasteiger partial charge in [-0.3, -0.25) is 0 Å². The van der Waals surface area contributed by atoms with Crippen molar-refractivity contribution >= 4 is 0 Å². The van der Waals surface area contributed by atoms with E-state index in [0.29, 0.717) is 17.9 Å². The molecule has 1 aliphatic carbocycles. The van der Waals surface area contributed by atoms with Gasteiger partial charge in [0.05, 0.1) is 6.07 Å². The van der Waals surface area contributed by atoms with Crippen LogP contribution in [0, 0.1) is 23.2 Å². The molecule has 0 bridgehead atoms. The molecule has 0 saturated heterocycles. The normalized spacial score (nSPS) is 26.6. The Morgan fingerprint density at radius 1 is 1.35 bits per heavy atom. The van der Waals surface area contributed by atoms with Crippen molar-refractivity contribution in [1.82, 2.24) is 4.90 Å². The summed E-state index contributed by atoms with van der Waals surface area (Å²) >= 11 is 0. The van der Waals surface area contributed by atoms with Crippen LogP contribution in [-0.4, -0.2) is 29.6 Å². The second-order valence-electron chi connectivity index (χ2n) is 6.89. The average Bonchev–Trinajstić information content (AvgIpc) is 2.78. The van der Waals surface area contributed by atoms with Gasteiger partial charge in [-0.05, 0) is 50.5 Å². The third-order valence-electron chi connectivity index (χ3n) is 4.90. The van der Waals surface area contributed by atoms with E-state index < -0.39 is 5.54 Å². The highest BCUT2D eigenvalue weighted by atomic mass is 15.2. The van der Waals surface area contributed by atoms with Crippen LogP contribution in [0.15, 0.2) is 0 Å². The summed E-state index contributed by atoms with van der Waals surface area (Å²) in [5.41, 5.74) is 5.69. The van der Waals surface area contributed by atoms with Crippen molar-refractivity contribution in [3.05, 3.63) is 0 Å². The van der Waals surface area contributed by atoms with Crippen molar-refractivity contribution in [2.75, 3.05) is 13.1 Å². The third-order valence-corrected chi connectivity index (χ3v) is 4.90. The molecule has 20 heavy (non-hydrogen) atoms. The number of nitrogens with zero attached hydrogens (tertiary/aromatic N) is 2. The monoisotopic (exact) mass is 279 g/mol. The van der Waals surface area contributed by atoms with Crippen LogP contribution in [-0.2, 0) is 0 Å². The predicted molar refractivity (Wildman–Crippen MR) is 85.3 cm³/mol. The van der Waals surface area contributed by atoms with Crippen LogP contribution in [0.4, 0.5) is 0 Å². The van der Waals surface area contributed by atoms with Crippen molar-refractivity contribution in [2.24, 2.45) is 17.6 Å². The molecular formula is C17H33N3. The zero-order valence-electron chi connectivity index (χ0n) is 13.9. The summed E-state index contributed by atoms with van der Waals surface area (Å²) in [7, 11) is 0. The number of rotatable bonds is 8. The zero-order chi connectivity index (χ0) is 15.2. The van der Waals surface area contributed by atoms with Crippen molar-refractivity contribution in [2.45, 2.75) is 77.8 Å². The first-order chi connectivity index (χ1) is 9.46. The molecule has 0 spiro atoms. The van der Waals surface area contributed by atoms with E-state index in [9.17, 15) is 5.26 Å². The van der Waals surface area contributed by atoms with E-state index in [1.165, 1.54) is 12.8 Å². The largest absolute Gasteiger partial charge is 0.313 e. The molecule has 0 aromatic carbocycles. The zero-order valence-corrected chi connectivity index (χ0v) is 13.9. The van der Waals surface area contributed by atoms with E-state index in [1.807, 2.05) is 0 Å². The van der Waals surface area contributed by atoms with Gasteiger partial charge in [-0.2, -0.15) is 5.26 Å². The second-order valence-corrected chi connectivity index (χ2v) is 6.89. The third kappa shape index (κ3) is 4.46. The van der Waals surface area contributed by atoms with Crippen molar-refractivity contribution in [1.29, 1.82) is 5.26 Å². The minimum absolute atomic E-state index is 0.386. The highest BCUT2D eigenvalue weighted by molar-refractivity contribution is 5.12. The molecule has 116 valence electrons. The SMILES string of the molecule is CCC(CC)N(CCC1CCCC1(N)C#N)CC(C)C. The highest BCUT2D eigenvalue weighted by Crippen LogP contribution is 2.35. The standard InChI is InChI=1S/C17H33N3/c1-5-16(6-2)20(12-14(3)4)11-9-15-8-7-10-17(15,19)13-18/h14-16H,5-12,19H2,1-4H3. The van der Waals surface area contributed by atoms with Crippen LogP contribution in [0.1, 0.15) is 66.2 Å². The van der Waals surface area contributed by atoms with Gasteiger partial charge in [0.1, 0.15) is 5.54 Å². The minimum Gasteiger partial charge on any atom is -0.313 e. The Balaban J connectivity index is 2.60. The van der Waals surface area contributed by atoms with Crippen molar-refractivity contribution < 1.29 is 0 Å². The lowest BCUT2D eigenvalue weighted by Crippen LogP contribution is -2.44. The topological polar surface area (TPSA) is 53.0 Å². The molecule has 1 rings (SSSR count). The van der Waals surface area contributed by atoms with Crippen LogP contribution in [0.5, 0.6) is 0 Å². The van der Waals surface area contributed by atoms with E-state index in [4.69, 9.17) is 5.73 Å². The number of nitrogens with two attached hydrogens (primary N) is 1. The first-order valence-corrected chi connectivity index (χ1v) is 8.41. The molecule has 1 saturated carbocycles. The lowest BCUT2D eigenvalue weighted by molar-refractivity contribution is 0.150. The Labute approximate surface area is 125 Å². The molecule has 0 aromatic heterocycles. The Morgan fingerprint density at radius 3 is 2.50 bits per heavy atom. The molecule has 0 aliphatic heterocycles. The summed E-state index contributed by atoms with van der Waals surface area (Å²) in [6, 6.07) is 3.05. The first-order valence-electron chi connectivity index (χ1n) is 8.41. The fraction of sp³-hybridized carbons (Fsp3) is 0.941. The molecule has 2 N–H and O–H groups in total. The number of hydrogen-bond donors (Lipinski definition) is 1. The lowest BCUT2D eigenvalue weighted by Gasteiger charge is -2.34. The van der Waals surface area contributed by atoms with Gasteiger partial charge in [0.25, 0.3) is 0 Å². The van der Waals surface area contributed by atoms with Gasteiger partial charge in [0, 0.05) is 12.6 Å². The molecule has 0 radical (unpaired) electrons. The van der Waals surface area contributed by atoms with Gasteiger partial charge in [0.2, 0.25) is 0 Å². The molecule has 1 fully saturated rings. The van der Waals surface area contributed by atoms with E-state index in [-0.39, 0.29) is 0 Å². The quantitative estimate of drug-likeness (QED) is 0.739. The number of nitriles is 1. The average molecular weight is 279 g/mol. The molecular weight excluding hydrogens is 246 g/mol. The predicted octanol–water partition coefficient (Wildman–Crippen LogP) is 3.54. The summed E-state index contributed by atoms with van der Waals surface area (Å²) in [5, 5.41) is 9.32. The summed E-state index contributed by atoms with van der Waals surface area (Å²) in [5.74, 6) is 1.08. The van der Waals surface area contributed by atoms with E-state index in [1.54, 1.807) is 0 Å². The van der Waals surface area contributed by atoms with E-state index >= 15 is 0 Å². The summed E-state index contributed by atoms with van der Waals surface area (Å²) in [6.45, 7) is 11.4. The minimum atomic E-state index is -0.558. The van der Waals surface area contributed by atoms with Crippen LogP contribution in [0.25, 0.3) is 0 Å². The van der Waals surface area contributed by atoms with Gasteiger partial charge in [-0.1, -0.05) is 34.1 Å². The molecule has 0 aromatic rings.